The molecule has 0 bridgehead atoms. The van der Waals surface area contributed by atoms with Gasteiger partial charge in [0, 0.05) is 20.8 Å². The number of para-hydroxylation sites is 1. The molecule has 1 unspecified atom stereocenters. The number of halogens is 1. The van der Waals surface area contributed by atoms with Crippen LogP contribution in [0.5, 0.6) is 0 Å². The molecule has 0 saturated carbocycles. The molecule has 5 heteroatoms. The molecule has 0 aliphatic heterocycles. The number of anilines is 1. The third kappa shape index (κ3) is 3.78. The minimum absolute atomic E-state index is 0.240. The Balaban J connectivity index is 2.63. The average Bonchev–Trinajstić information content (AvgIpc) is 2.38. The SMILES string of the molecule is COCCCC(N)C(=O)N(C)c1ccccc1F. The Morgan fingerprint density at radius 2 is 2.17 bits per heavy atom. The number of nitrogens with two attached hydrogens (primary N) is 1. The van der Waals surface area contributed by atoms with Gasteiger partial charge in [0.25, 0.3) is 0 Å². The van der Waals surface area contributed by atoms with Gasteiger partial charge in [-0.2, -0.15) is 0 Å². The summed E-state index contributed by atoms with van der Waals surface area (Å²) in [6, 6.07) is 5.49. The fourth-order valence-corrected chi connectivity index (χ4v) is 1.66. The van der Waals surface area contributed by atoms with Crippen molar-refractivity contribution < 1.29 is 13.9 Å². The Labute approximate surface area is 107 Å². The average molecular weight is 254 g/mol. The van der Waals surface area contributed by atoms with E-state index < -0.39 is 11.9 Å². The summed E-state index contributed by atoms with van der Waals surface area (Å²) >= 11 is 0. The van der Waals surface area contributed by atoms with Crippen molar-refractivity contribution >= 4 is 11.6 Å². The zero-order valence-corrected chi connectivity index (χ0v) is 10.7. The van der Waals surface area contributed by atoms with E-state index >= 15 is 0 Å². The summed E-state index contributed by atoms with van der Waals surface area (Å²) in [7, 11) is 3.12. The summed E-state index contributed by atoms with van der Waals surface area (Å²) < 4.78 is 18.4. The smallest absolute Gasteiger partial charge is 0.243 e. The number of benzene rings is 1. The molecule has 0 spiro atoms. The lowest BCUT2D eigenvalue weighted by Crippen LogP contribution is -2.42. The Bertz CT molecular complexity index is 398. The van der Waals surface area contributed by atoms with Crippen molar-refractivity contribution in [1.82, 2.24) is 0 Å². The van der Waals surface area contributed by atoms with Crippen LogP contribution in [-0.2, 0) is 9.53 Å². The van der Waals surface area contributed by atoms with Gasteiger partial charge in [0.2, 0.25) is 5.91 Å². The van der Waals surface area contributed by atoms with Gasteiger partial charge in [-0.05, 0) is 25.0 Å². The number of carbonyl (C=O) groups is 1. The first-order valence-corrected chi connectivity index (χ1v) is 5.84. The molecule has 0 aliphatic rings. The zero-order valence-electron chi connectivity index (χ0n) is 10.7. The lowest BCUT2D eigenvalue weighted by molar-refractivity contribution is -0.119. The van der Waals surface area contributed by atoms with Crippen LogP contribution in [0, 0.1) is 5.82 Å². The summed E-state index contributed by atoms with van der Waals surface area (Å²) in [5.41, 5.74) is 6.02. The van der Waals surface area contributed by atoms with E-state index in [2.05, 4.69) is 0 Å². The first-order chi connectivity index (χ1) is 8.57. The molecule has 1 rings (SSSR count). The first kappa shape index (κ1) is 14.6. The molecule has 2 N–H and O–H groups in total. The number of methoxy groups -OCH3 is 1. The predicted molar refractivity (Wildman–Crippen MR) is 68.9 cm³/mol. The van der Waals surface area contributed by atoms with Gasteiger partial charge in [-0.3, -0.25) is 4.79 Å². The Hall–Kier alpha value is -1.46. The second-order valence-corrected chi connectivity index (χ2v) is 4.09. The van der Waals surface area contributed by atoms with Crippen molar-refractivity contribution in [2.24, 2.45) is 5.73 Å². The second-order valence-electron chi connectivity index (χ2n) is 4.09. The van der Waals surface area contributed by atoms with Crippen LogP contribution in [0.3, 0.4) is 0 Å². The Morgan fingerprint density at radius 1 is 1.50 bits per heavy atom. The third-order valence-electron chi connectivity index (χ3n) is 2.73. The quantitative estimate of drug-likeness (QED) is 0.783. The standard InChI is InChI=1S/C13H19FN2O2/c1-16(12-8-4-3-6-10(12)14)13(17)11(15)7-5-9-18-2/h3-4,6,8,11H,5,7,9,15H2,1-2H3. The molecule has 0 aliphatic carbocycles. The van der Waals surface area contributed by atoms with Gasteiger partial charge in [0.15, 0.2) is 0 Å². The summed E-state index contributed by atoms with van der Waals surface area (Å²) in [5.74, 6) is -0.728. The molecule has 1 aromatic rings. The van der Waals surface area contributed by atoms with Crippen LogP contribution in [0.2, 0.25) is 0 Å². The second kappa shape index (κ2) is 7.08. The highest BCUT2D eigenvalue weighted by molar-refractivity contribution is 5.96. The zero-order chi connectivity index (χ0) is 13.5. The van der Waals surface area contributed by atoms with Crippen molar-refractivity contribution in [3.8, 4) is 0 Å². The molecule has 4 nitrogen and oxygen atoms in total. The molecule has 1 aromatic carbocycles. The molecule has 0 saturated heterocycles. The summed E-state index contributed by atoms with van der Waals surface area (Å²) in [5, 5.41) is 0. The summed E-state index contributed by atoms with van der Waals surface area (Å²) in [6.45, 7) is 0.560. The number of carbonyl (C=O) groups excluding carboxylic acids is 1. The molecular weight excluding hydrogens is 235 g/mol. The number of rotatable bonds is 6. The molecule has 1 amide bonds. The van der Waals surface area contributed by atoms with Crippen LogP contribution in [0.15, 0.2) is 24.3 Å². The van der Waals surface area contributed by atoms with Gasteiger partial charge in [0.05, 0.1) is 11.7 Å². The van der Waals surface area contributed by atoms with Crippen molar-refractivity contribution in [2.75, 3.05) is 25.7 Å². The highest BCUT2D eigenvalue weighted by atomic mass is 19.1. The lowest BCUT2D eigenvalue weighted by atomic mass is 10.1. The Morgan fingerprint density at radius 3 is 2.78 bits per heavy atom. The summed E-state index contributed by atoms with van der Waals surface area (Å²) in [6.07, 6.45) is 1.22. The fourth-order valence-electron chi connectivity index (χ4n) is 1.66. The normalized spacial score (nSPS) is 12.2. The lowest BCUT2D eigenvalue weighted by Gasteiger charge is -2.21. The van der Waals surface area contributed by atoms with Crippen LogP contribution in [0.4, 0.5) is 10.1 Å². The van der Waals surface area contributed by atoms with Gasteiger partial charge in [0.1, 0.15) is 5.82 Å². The molecule has 0 radical (unpaired) electrons. The van der Waals surface area contributed by atoms with Crippen molar-refractivity contribution in [3.63, 3.8) is 0 Å². The largest absolute Gasteiger partial charge is 0.385 e. The molecule has 100 valence electrons. The highest BCUT2D eigenvalue weighted by Gasteiger charge is 2.20. The minimum Gasteiger partial charge on any atom is -0.385 e. The van der Waals surface area contributed by atoms with Gasteiger partial charge < -0.3 is 15.4 Å². The molecule has 0 aromatic heterocycles. The molecule has 0 fully saturated rings. The third-order valence-corrected chi connectivity index (χ3v) is 2.73. The number of ether oxygens (including phenoxy) is 1. The predicted octanol–water partition coefficient (Wildman–Crippen LogP) is 1.54. The van der Waals surface area contributed by atoms with Crippen molar-refractivity contribution in [3.05, 3.63) is 30.1 Å². The molecule has 1 atom stereocenters. The van der Waals surface area contributed by atoms with E-state index in [0.29, 0.717) is 19.4 Å². The van der Waals surface area contributed by atoms with Crippen LogP contribution in [0.25, 0.3) is 0 Å². The van der Waals surface area contributed by atoms with Crippen LogP contribution in [0.1, 0.15) is 12.8 Å². The van der Waals surface area contributed by atoms with Gasteiger partial charge >= 0.3 is 0 Å². The Kier molecular flexibility index (Phi) is 5.74. The number of amides is 1. The van der Waals surface area contributed by atoms with Crippen molar-refractivity contribution in [2.45, 2.75) is 18.9 Å². The number of hydrogen-bond acceptors (Lipinski definition) is 3. The maximum atomic E-state index is 13.5. The van der Waals surface area contributed by atoms with E-state index in [1.165, 1.54) is 18.0 Å². The number of nitrogens with zero attached hydrogens (tertiary/aromatic N) is 1. The molecule has 0 heterocycles. The first-order valence-electron chi connectivity index (χ1n) is 5.84. The monoisotopic (exact) mass is 254 g/mol. The topological polar surface area (TPSA) is 55.6 Å². The fraction of sp³-hybridized carbons (Fsp3) is 0.462. The number of likely N-dealkylation sites (N-methyl/N-ethyl adjacent to an activating group) is 1. The summed E-state index contributed by atoms with van der Waals surface area (Å²) in [4.78, 5) is 13.2. The minimum atomic E-state index is -0.634. The van der Waals surface area contributed by atoms with Crippen LogP contribution < -0.4 is 10.6 Å². The maximum Gasteiger partial charge on any atom is 0.243 e. The van der Waals surface area contributed by atoms with E-state index in [-0.39, 0.29) is 11.6 Å². The van der Waals surface area contributed by atoms with E-state index in [1.54, 1.807) is 25.3 Å². The van der Waals surface area contributed by atoms with E-state index in [1.807, 2.05) is 0 Å². The van der Waals surface area contributed by atoms with Gasteiger partial charge in [-0.1, -0.05) is 12.1 Å². The van der Waals surface area contributed by atoms with E-state index in [9.17, 15) is 9.18 Å². The number of hydrogen-bond donors (Lipinski definition) is 1. The van der Waals surface area contributed by atoms with Crippen LogP contribution >= 0.6 is 0 Å². The maximum absolute atomic E-state index is 13.5. The highest BCUT2D eigenvalue weighted by Crippen LogP contribution is 2.18. The van der Waals surface area contributed by atoms with Crippen LogP contribution in [-0.4, -0.2) is 32.7 Å². The molecule has 18 heavy (non-hydrogen) atoms. The molecular formula is C13H19FN2O2. The van der Waals surface area contributed by atoms with E-state index in [4.69, 9.17) is 10.5 Å². The van der Waals surface area contributed by atoms with Gasteiger partial charge in [-0.25, -0.2) is 4.39 Å². The van der Waals surface area contributed by atoms with E-state index in [0.717, 1.165) is 0 Å². The van der Waals surface area contributed by atoms with Gasteiger partial charge in [-0.15, -0.1) is 0 Å². The van der Waals surface area contributed by atoms with Crippen molar-refractivity contribution in [1.29, 1.82) is 0 Å².